The number of primary amides is 1. The maximum atomic E-state index is 11.3. The van der Waals surface area contributed by atoms with Gasteiger partial charge >= 0.3 is 0 Å². The lowest BCUT2D eigenvalue weighted by atomic mass is 9.91. The van der Waals surface area contributed by atoms with Crippen LogP contribution in [0.25, 0.3) is 28.2 Å². The predicted molar refractivity (Wildman–Crippen MR) is 123 cm³/mol. The van der Waals surface area contributed by atoms with Gasteiger partial charge < -0.3 is 5.73 Å². The van der Waals surface area contributed by atoms with Gasteiger partial charge in [0.1, 0.15) is 6.33 Å². The minimum Gasteiger partial charge on any atom is -0.369 e. The Bertz CT molecular complexity index is 1320. The summed E-state index contributed by atoms with van der Waals surface area (Å²) in [6, 6.07) is 8.68. The van der Waals surface area contributed by atoms with Crippen molar-refractivity contribution >= 4 is 11.6 Å². The molecular weight excluding hydrogens is 402 g/mol. The Hall–Kier alpha value is -3.52. The number of pyridine rings is 1. The summed E-state index contributed by atoms with van der Waals surface area (Å²) in [5, 5.41) is 12.3. The molecule has 5 rings (SSSR count). The van der Waals surface area contributed by atoms with Gasteiger partial charge in [0, 0.05) is 36.0 Å². The van der Waals surface area contributed by atoms with Crippen LogP contribution < -0.4 is 5.73 Å². The van der Waals surface area contributed by atoms with Gasteiger partial charge in [-0.1, -0.05) is 26.0 Å². The molecule has 4 aromatic rings. The first-order chi connectivity index (χ1) is 15.4. The zero-order chi connectivity index (χ0) is 22.4. The minimum absolute atomic E-state index is 0.282. The summed E-state index contributed by atoms with van der Waals surface area (Å²) in [6.07, 6.45) is 4.46. The van der Waals surface area contributed by atoms with E-state index in [4.69, 9.17) is 10.8 Å². The summed E-state index contributed by atoms with van der Waals surface area (Å²) in [5.41, 5.74) is 15.2. The van der Waals surface area contributed by atoms with Crippen LogP contribution in [-0.2, 0) is 17.8 Å². The van der Waals surface area contributed by atoms with Crippen LogP contribution in [0.2, 0.25) is 0 Å². The standard InChI is InChI=1S/C24H27N7O/c1-14(2)21-22(17-4-5-18-10-30(12-20(25)32)7-6-16(18)9-17)28-29-23(21)19-8-15(3)24-26-13-27-31(24)11-19/h4-5,8-9,11,13-14H,6-7,10,12H2,1-3H3,(H2,25,32)(H,28,29). The number of hydrogen-bond acceptors (Lipinski definition) is 5. The Morgan fingerprint density at radius 1 is 1.22 bits per heavy atom. The highest BCUT2D eigenvalue weighted by Gasteiger charge is 2.22. The molecule has 0 aliphatic carbocycles. The van der Waals surface area contributed by atoms with Crippen LogP contribution in [-0.4, -0.2) is 48.7 Å². The first-order valence-electron chi connectivity index (χ1n) is 10.9. The molecule has 0 saturated carbocycles. The molecular formula is C24H27N7O. The van der Waals surface area contributed by atoms with E-state index in [1.54, 1.807) is 10.8 Å². The Balaban J connectivity index is 1.54. The number of aryl methyl sites for hydroxylation is 1. The Morgan fingerprint density at radius 3 is 2.84 bits per heavy atom. The number of aromatic nitrogens is 5. The molecule has 1 aliphatic heterocycles. The highest BCUT2D eigenvalue weighted by Crippen LogP contribution is 2.37. The largest absolute Gasteiger partial charge is 0.369 e. The SMILES string of the molecule is Cc1cc(-c2n[nH]c(-c3ccc4c(c3)CCN(CC(N)=O)C4)c2C(C)C)cn2ncnc12. The quantitative estimate of drug-likeness (QED) is 0.507. The van der Waals surface area contributed by atoms with Crippen LogP contribution in [0.15, 0.2) is 36.8 Å². The van der Waals surface area contributed by atoms with E-state index in [0.29, 0.717) is 6.54 Å². The number of nitrogens with zero attached hydrogens (tertiary/aromatic N) is 5. The van der Waals surface area contributed by atoms with Crippen molar-refractivity contribution < 1.29 is 4.79 Å². The number of carbonyl (C=O) groups excluding carboxylic acids is 1. The van der Waals surface area contributed by atoms with Crippen molar-refractivity contribution in [1.29, 1.82) is 0 Å². The van der Waals surface area contributed by atoms with Crippen LogP contribution in [0.3, 0.4) is 0 Å². The van der Waals surface area contributed by atoms with Crippen molar-refractivity contribution in [1.82, 2.24) is 29.7 Å². The molecule has 0 bridgehead atoms. The summed E-state index contributed by atoms with van der Waals surface area (Å²) >= 11 is 0. The summed E-state index contributed by atoms with van der Waals surface area (Å²) in [6.45, 7) is 8.32. The van der Waals surface area contributed by atoms with Crippen molar-refractivity contribution in [2.45, 2.75) is 39.7 Å². The summed E-state index contributed by atoms with van der Waals surface area (Å²) < 4.78 is 1.81. The third-order valence-electron chi connectivity index (χ3n) is 6.18. The van der Waals surface area contributed by atoms with Crippen LogP contribution in [0.4, 0.5) is 0 Å². The monoisotopic (exact) mass is 429 g/mol. The van der Waals surface area contributed by atoms with E-state index in [1.807, 2.05) is 13.1 Å². The van der Waals surface area contributed by atoms with E-state index in [1.165, 1.54) is 16.7 Å². The smallest absolute Gasteiger partial charge is 0.231 e. The van der Waals surface area contributed by atoms with Gasteiger partial charge in [0.2, 0.25) is 5.91 Å². The van der Waals surface area contributed by atoms with Gasteiger partial charge in [-0.15, -0.1) is 0 Å². The molecule has 0 unspecified atom stereocenters. The second-order valence-corrected chi connectivity index (χ2v) is 8.87. The lowest BCUT2D eigenvalue weighted by molar-refractivity contribution is -0.119. The number of hydrogen-bond donors (Lipinski definition) is 2. The average molecular weight is 430 g/mol. The molecule has 1 aromatic carbocycles. The molecule has 0 atom stereocenters. The maximum Gasteiger partial charge on any atom is 0.231 e. The Kier molecular flexibility index (Phi) is 5.01. The molecule has 164 valence electrons. The predicted octanol–water partition coefficient (Wildman–Crippen LogP) is 3.06. The number of fused-ring (bicyclic) bond motifs is 2. The van der Waals surface area contributed by atoms with Gasteiger partial charge in [0.25, 0.3) is 0 Å². The zero-order valence-electron chi connectivity index (χ0n) is 18.6. The summed E-state index contributed by atoms with van der Waals surface area (Å²) in [7, 11) is 0. The summed E-state index contributed by atoms with van der Waals surface area (Å²) in [5.74, 6) is 0.00328. The van der Waals surface area contributed by atoms with Gasteiger partial charge in [-0.05, 0) is 48.1 Å². The fourth-order valence-electron chi connectivity index (χ4n) is 4.70. The zero-order valence-corrected chi connectivity index (χ0v) is 18.6. The number of carbonyl (C=O) groups is 1. The molecule has 32 heavy (non-hydrogen) atoms. The number of amides is 1. The topological polar surface area (TPSA) is 105 Å². The molecule has 3 N–H and O–H groups in total. The van der Waals surface area contributed by atoms with Gasteiger partial charge in [0.05, 0.1) is 17.9 Å². The normalized spacial score (nSPS) is 14.2. The highest BCUT2D eigenvalue weighted by atomic mass is 16.1. The fraction of sp³-hybridized carbons (Fsp3) is 0.333. The first-order valence-corrected chi connectivity index (χ1v) is 10.9. The van der Waals surface area contributed by atoms with E-state index < -0.39 is 0 Å². The highest BCUT2D eigenvalue weighted by molar-refractivity contribution is 5.77. The number of H-pyrrole nitrogens is 1. The van der Waals surface area contributed by atoms with Gasteiger partial charge in [-0.2, -0.15) is 10.2 Å². The lowest BCUT2D eigenvalue weighted by Gasteiger charge is -2.28. The van der Waals surface area contributed by atoms with Gasteiger partial charge in [-0.3, -0.25) is 14.8 Å². The van der Waals surface area contributed by atoms with E-state index >= 15 is 0 Å². The third kappa shape index (κ3) is 3.56. The number of nitrogens with two attached hydrogens (primary N) is 1. The molecule has 0 saturated heterocycles. The van der Waals surface area contributed by atoms with Crippen molar-refractivity contribution in [2.24, 2.45) is 5.73 Å². The molecule has 0 fully saturated rings. The van der Waals surface area contributed by atoms with Crippen molar-refractivity contribution in [3.63, 3.8) is 0 Å². The second-order valence-electron chi connectivity index (χ2n) is 8.87. The van der Waals surface area contributed by atoms with E-state index in [0.717, 1.165) is 53.2 Å². The van der Waals surface area contributed by atoms with Gasteiger partial charge in [-0.25, -0.2) is 9.50 Å². The van der Waals surface area contributed by atoms with E-state index in [9.17, 15) is 4.79 Å². The fourth-order valence-corrected chi connectivity index (χ4v) is 4.70. The van der Waals surface area contributed by atoms with Crippen molar-refractivity contribution in [3.05, 3.63) is 59.0 Å². The van der Waals surface area contributed by atoms with E-state index in [2.05, 4.69) is 58.2 Å². The number of benzene rings is 1. The maximum absolute atomic E-state index is 11.3. The van der Waals surface area contributed by atoms with Crippen LogP contribution >= 0.6 is 0 Å². The molecule has 0 radical (unpaired) electrons. The first kappa shape index (κ1) is 20.4. The lowest BCUT2D eigenvalue weighted by Crippen LogP contribution is -2.37. The molecule has 1 aliphatic rings. The van der Waals surface area contributed by atoms with Crippen LogP contribution in [0, 0.1) is 6.92 Å². The van der Waals surface area contributed by atoms with Crippen molar-refractivity contribution in [2.75, 3.05) is 13.1 Å². The minimum atomic E-state index is -0.282. The molecule has 1 amide bonds. The number of aromatic amines is 1. The molecule has 3 aromatic heterocycles. The molecule has 0 spiro atoms. The molecule has 8 heteroatoms. The van der Waals surface area contributed by atoms with E-state index in [-0.39, 0.29) is 11.8 Å². The Morgan fingerprint density at radius 2 is 2.06 bits per heavy atom. The average Bonchev–Trinajstić information content (AvgIpc) is 3.40. The van der Waals surface area contributed by atoms with Gasteiger partial charge in [0.15, 0.2) is 5.65 Å². The van der Waals surface area contributed by atoms with Crippen LogP contribution in [0.1, 0.15) is 42.0 Å². The second kappa shape index (κ2) is 7.87. The Labute approximate surface area is 186 Å². The summed E-state index contributed by atoms with van der Waals surface area (Å²) in [4.78, 5) is 17.7. The number of nitrogens with one attached hydrogen (secondary N) is 1. The third-order valence-corrected chi connectivity index (χ3v) is 6.18. The molecule has 8 nitrogen and oxygen atoms in total. The molecule has 4 heterocycles. The number of rotatable bonds is 5. The van der Waals surface area contributed by atoms with Crippen LogP contribution in [0.5, 0.6) is 0 Å². The van der Waals surface area contributed by atoms with Crippen molar-refractivity contribution in [3.8, 4) is 22.5 Å².